The highest BCUT2D eigenvalue weighted by Crippen LogP contribution is 2.30. The van der Waals surface area contributed by atoms with Crippen molar-refractivity contribution in [2.75, 3.05) is 27.2 Å². The molecule has 0 spiro atoms. The van der Waals surface area contributed by atoms with Crippen molar-refractivity contribution < 1.29 is 5.11 Å². The van der Waals surface area contributed by atoms with Crippen LogP contribution < -0.4 is 5.32 Å². The first-order valence-electron chi connectivity index (χ1n) is 6.66. The van der Waals surface area contributed by atoms with Crippen molar-refractivity contribution in [3.8, 4) is 0 Å². The third-order valence-electron chi connectivity index (χ3n) is 3.52. The zero-order valence-electron chi connectivity index (χ0n) is 11.6. The average molecular weight is 248 g/mol. The zero-order valence-corrected chi connectivity index (χ0v) is 11.6. The van der Waals surface area contributed by atoms with E-state index in [1.807, 2.05) is 25.9 Å². The van der Waals surface area contributed by atoms with Crippen LogP contribution in [0.3, 0.4) is 0 Å². The number of nitrogens with one attached hydrogen (secondary N) is 1. The van der Waals surface area contributed by atoms with Gasteiger partial charge in [-0.2, -0.15) is 0 Å². The molecule has 0 bridgehead atoms. The quantitative estimate of drug-likeness (QED) is 0.830. The largest absolute Gasteiger partial charge is 0.388 e. The van der Waals surface area contributed by atoms with Crippen LogP contribution in [0.25, 0.3) is 0 Å². The van der Waals surface area contributed by atoms with E-state index in [0.717, 1.165) is 12.8 Å². The molecule has 100 valence electrons. The molecule has 3 nitrogen and oxygen atoms in total. The maximum Gasteiger partial charge on any atom is 0.0869 e. The van der Waals surface area contributed by atoms with Crippen LogP contribution in [-0.4, -0.2) is 42.8 Å². The van der Waals surface area contributed by atoms with E-state index in [-0.39, 0.29) is 0 Å². The lowest BCUT2D eigenvalue weighted by molar-refractivity contribution is 0.0313. The summed E-state index contributed by atoms with van der Waals surface area (Å²) in [6, 6.07) is 8.99. The lowest BCUT2D eigenvalue weighted by Gasteiger charge is -2.29. The van der Waals surface area contributed by atoms with Gasteiger partial charge in [0.25, 0.3) is 0 Å². The molecule has 2 N–H and O–H groups in total. The minimum Gasteiger partial charge on any atom is -0.388 e. The summed E-state index contributed by atoms with van der Waals surface area (Å²) >= 11 is 0. The molecule has 0 aliphatic heterocycles. The van der Waals surface area contributed by atoms with E-state index < -0.39 is 5.60 Å². The van der Waals surface area contributed by atoms with Gasteiger partial charge in [-0.3, -0.25) is 0 Å². The van der Waals surface area contributed by atoms with Gasteiger partial charge in [-0.05, 0) is 45.0 Å². The normalized spacial score (nSPS) is 21.9. The summed E-state index contributed by atoms with van der Waals surface area (Å²) in [5, 5.41) is 13.8. The SMILES string of the molecule is CN(C)CC(C)(O)CNC1CCc2ccccc21. The van der Waals surface area contributed by atoms with Gasteiger partial charge in [-0.15, -0.1) is 0 Å². The van der Waals surface area contributed by atoms with Crippen LogP contribution in [0.15, 0.2) is 24.3 Å². The molecule has 0 fully saturated rings. The van der Waals surface area contributed by atoms with Crippen molar-refractivity contribution in [2.24, 2.45) is 0 Å². The van der Waals surface area contributed by atoms with Crippen LogP contribution in [0.5, 0.6) is 0 Å². The molecule has 0 heterocycles. The maximum absolute atomic E-state index is 10.3. The zero-order chi connectivity index (χ0) is 13.2. The number of aryl methyl sites for hydroxylation is 1. The molecule has 0 saturated heterocycles. The van der Waals surface area contributed by atoms with Crippen molar-refractivity contribution in [1.82, 2.24) is 10.2 Å². The molecule has 2 rings (SSSR count). The molecule has 0 radical (unpaired) electrons. The Bertz CT molecular complexity index is 401. The Morgan fingerprint density at radius 1 is 1.39 bits per heavy atom. The third-order valence-corrected chi connectivity index (χ3v) is 3.52. The van der Waals surface area contributed by atoms with Gasteiger partial charge in [0, 0.05) is 19.1 Å². The number of nitrogens with zero attached hydrogens (tertiary/aromatic N) is 1. The lowest BCUT2D eigenvalue weighted by Crippen LogP contribution is -2.46. The molecule has 0 saturated carbocycles. The summed E-state index contributed by atoms with van der Waals surface area (Å²) in [5.74, 6) is 0. The Labute approximate surface area is 110 Å². The summed E-state index contributed by atoms with van der Waals surface area (Å²) in [7, 11) is 3.97. The Morgan fingerprint density at radius 2 is 2.11 bits per heavy atom. The first kappa shape index (κ1) is 13.5. The predicted molar refractivity (Wildman–Crippen MR) is 74.7 cm³/mol. The van der Waals surface area contributed by atoms with Crippen molar-refractivity contribution in [3.63, 3.8) is 0 Å². The monoisotopic (exact) mass is 248 g/mol. The Morgan fingerprint density at radius 3 is 2.83 bits per heavy atom. The third kappa shape index (κ3) is 3.31. The van der Waals surface area contributed by atoms with Crippen LogP contribution >= 0.6 is 0 Å². The standard InChI is InChI=1S/C15H24N2O/c1-15(18,11-17(2)3)10-16-14-9-8-12-6-4-5-7-13(12)14/h4-7,14,16,18H,8-11H2,1-3H3. The van der Waals surface area contributed by atoms with E-state index in [4.69, 9.17) is 0 Å². The summed E-state index contributed by atoms with van der Waals surface area (Å²) in [5.41, 5.74) is 2.17. The number of rotatable bonds is 5. The van der Waals surface area contributed by atoms with Gasteiger partial charge in [0.05, 0.1) is 5.60 Å². The first-order chi connectivity index (χ1) is 8.48. The van der Waals surface area contributed by atoms with Gasteiger partial charge < -0.3 is 15.3 Å². The van der Waals surface area contributed by atoms with Gasteiger partial charge in [0.15, 0.2) is 0 Å². The fourth-order valence-electron chi connectivity index (χ4n) is 2.85. The number of fused-ring (bicyclic) bond motifs is 1. The summed E-state index contributed by atoms with van der Waals surface area (Å²) in [4.78, 5) is 2.02. The minimum atomic E-state index is -0.680. The van der Waals surface area contributed by atoms with E-state index in [9.17, 15) is 5.11 Å². The molecule has 3 heteroatoms. The van der Waals surface area contributed by atoms with Crippen LogP contribution in [0.4, 0.5) is 0 Å². The van der Waals surface area contributed by atoms with Crippen molar-refractivity contribution in [3.05, 3.63) is 35.4 Å². The van der Waals surface area contributed by atoms with Crippen molar-refractivity contribution in [2.45, 2.75) is 31.4 Å². The highest BCUT2D eigenvalue weighted by Gasteiger charge is 2.26. The Hall–Kier alpha value is -0.900. The van der Waals surface area contributed by atoms with Crippen LogP contribution in [-0.2, 0) is 6.42 Å². The summed E-state index contributed by atoms with van der Waals surface area (Å²) in [6.07, 6.45) is 2.28. The lowest BCUT2D eigenvalue weighted by atomic mass is 10.0. The number of hydrogen-bond acceptors (Lipinski definition) is 3. The van der Waals surface area contributed by atoms with E-state index in [0.29, 0.717) is 19.1 Å². The van der Waals surface area contributed by atoms with Gasteiger partial charge in [-0.25, -0.2) is 0 Å². The number of likely N-dealkylation sites (N-methyl/N-ethyl adjacent to an activating group) is 1. The second kappa shape index (κ2) is 5.39. The second-order valence-corrected chi connectivity index (χ2v) is 5.91. The Balaban J connectivity index is 1.92. The molecule has 2 atom stereocenters. The van der Waals surface area contributed by atoms with Gasteiger partial charge in [0.2, 0.25) is 0 Å². The predicted octanol–water partition coefficient (Wildman–Crippen LogP) is 1.58. The van der Waals surface area contributed by atoms with E-state index in [1.165, 1.54) is 11.1 Å². The molecule has 1 aliphatic rings. The molecular weight excluding hydrogens is 224 g/mol. The molecule has 18 heavy (non-hydrogen) atoms. The average Bonchev–Trinajstić information content (AvgIpc) is 2.68. The van der Waals surface area contributed by atoms with Gasteiger partial charge >= 0.3 is 0 Å². The van der Waals surface area contributed by atoms with Crippen LogP contribution in [0.1, 0.15) is 30.5 Å². The Kier molecular flexibility index (Phi) is 4.05. The van der Waals surface area contributed by atoms with Crippen molar-refractivity contribution >= 4 is 0 Å². The van der Waals surface area contributed by atoms with E-state index in [2.05, 4.69) is 29.6 Å². The van der Waals surface area contributed by atoms with Crippen molar-refractivity contribution in [1.29, 1.82) is 0 Å². The first-order valence-corrected chi connectivity index (χ1v) is 6.66. The second-order valence-electron chi connectivity index (χ2n) is 5.91. The van der Waals surface area contributed by atoms with Gasteiger partial charge in [0.1, 0.15) is 0 Å². The smallest absolute Gasteiger partial charge is 0.0869 e. The minimum absolute atomic E-state index is 0.398. The fourth-order valence-corrected chi connectivity index (χ4v) is 2.85. The van der Waals surface area contributed by atoms with Crippen LogP contribution in [0.2, 0.25) is 0 Å². The van der Waals surface area contributed by atoms with Crippen LogP contribution in [0, 0.1) is 0 Å². The molecule has 1 aliphatic carbocycles. The summed E-state index contributed by atoms with van der Waals surface area (Å²) in [6.45, 7) is 3.19. The number of benzene rings is 1. The number of hydrogen-bond donors (Lipinski definition) is 2. The number of aliphatic hydroxyl groups is 1. The molecule has 0 aromatic heterocycles. The molecular formula is C15H24N2O. The van der Waals surface area contributed by atoms with E-state index in [1.54, 1.807) is 0 Å². The fraction of sp³-hybridized carbons (Fsp3) is 0.600. The molecule has 1 aromatic rings. The molecule has 0 amide bonds. The highest BCUT2D eigenvalue weighted by atomic mass is 16.3. The maximum atomic E-state index is 10.3. The highest BCUT2D eigenvalue weighted by molar-refractivity contribution is 5.34. The summed E-state index contributed by atoms with van der Waals surface area (Å²) < 4.78 is 0. The van der Waals surface area contributed by atoms with E-state index >= 15 is 0 Å². The topological polar surface area (TPSA) is 35.5 Å². The van der Waals surface area contributed by atoms with Gasteiger partial charge in [-0.1, -0.05) is 24.3 Å². The molecule has 2 unspecified atom stereocenters. The molecule has 1 aromatic carbocycles.